The lowest BCUT2D eigenvalue weighted by Gasteiger charge is -2.28. The molecule has 0 N–H and O–H groups in total. The molecule has 0 unspecified atom stereocenters. The van der Waals surface area contributed by atoms with Gasteiger partial charge in [0.05, 0.1) is 12.2 Å². The predicted molar refractivity (Wildman–Crippen MR) is 135 cm³/mol. The van der Waals surface area contributed by atoms with Gasteiger partial charge in [0.1, 0.15) is 11.5 Å². The molecule has 168 valence electrons. The van der Waals surface area contributed by atoms with Crippen molar-refractivity contribution in [1.29, 1.82) is 0 Å². The SMILES string of the molecule is CCCCCC1CCC(CCCOc2ccc(C(=O)Oc3ccc(I)cc3)cc2)CC1. The molecule has 1 saturated carbocycles. The maximum atomic E-state index is 12.3. The molecule has 31 heavy (non-hydrogen) atoms. The molecule has 2 aromatic carbocycles. The van der Waals surface area contributed by atoms with E-state index in [0.717, 1.165) is 34.2 Å². The van der Waals surface area contributed by atoms with Gasteiger partial charge in [-0.2, -0.15) is 0 Å². The van der Waals surface area contributed by atoms with Gasteiger partial charge >= 0.3 is 5.97 Å². The van der Waals surface area contributed by atoms with Gasteiger partial charge < -0.3 is 9.47 Å². The highest BCUT2D eigenvalue weighted by Crippen LogP contribution is 2.34. The molecule has 4 heteroatoms. The molecule has 1 aliphatic rings. The molecule has 0 saturated heterocycles. The highest BCUT2D eigenvalue weighted by molar-refractivity contribution is 14.1. The molecule has 3 rings (SSSR count). The first-order valence-corrected chi connectivity index (χ1v) is 12.9. The number of hydrogen-bond donors (Lipinski definition) is 0. The van der Waals surface area contributed by atoms with Crippen molar-refractivity contribution in [3.63, 3.8) is 0 Å². The van der Waals surface area contributed by atoms with Gasteiger partial charge in [-0.3, -0.25) is 0 Å². The molecular weight excluding hydrogens is 499 g/mol. The number of unbranched alkanes of at least 4 members (excludes halogenated alkanes) is 2. The number of rotatable bonds is 11. The Morgan fingerprint density at radius 1 is 0.839 bits per heavy atom. The molecular formula is C27H35IO3. The topological polar surface area (TPSA) is 35.5 Å². The molecule has 1 fully saturated rings. The van der Waals surface area contributed by atoms with Gasteiger partial charge in [-0.05, 0) is 95.8 Å². The summed E-state index contributed by atoms with van der Waals surface area (Å²) in [6, 6.07) is 14.7. The van der Waals surface area contributed by atoms with E-state index in [0.29, 0.717) is 11.3 Å². The van der Waals surface area contributed by atoms with Gasteiger partial charge in [0.2, 0.25) is 0 Å². The third kappa shape index (κ3) is 8.47. The second-order valence-corrected chi connectivity index (χ2v) is 9.99. The van der Waals surface area contributed by atoms with Crippen molar-refractivity contribution >= 4 is 28.6 Å². The maximum absolute atomic E-state index is 12.3. The standard InChI is InChI=1S/C27H35IO3/c1-2-3-4-6-21-8-10-22(11-9-21)7-5-20-30-25-16-12-23(13-17-25)27(29)31-26-18-14-24(28)15-19-26/h12-19,21-22H,2-11,20H2,1H3. The Bertz CT molecular complexity index is 777. The van der Waals surface area contributed by atoms with E-state index in [9.17, 15) is 4.79 Å². The fourth-order valence-electron chi connectivity index (χ4n) is 4.41. The van der Waals surface area contributed by atoms with E-state index in [1.54, 1.807) is 24.3 Å². The Morgan fingerprint density at radius 3 is 2.03 bits per heavy atom. The lowest BCUT2D eigenvalue weighted by atomic mass is 9.78. The molecule has 0 amide bonds. The molecule has 1 aliphatic carbocycles. The molecule has 0 atom stereocenters. The third-order valence-electron chi connectivity index (χ3n) is 6.32. The van der Waals surface area contributed by atoms with Gasteiger partial charge in [-0.1, -0.05) is 58.3 Å². The number of carbonyl (C=O) groups is 1. The summed E-state index contributed by atoms with van der Waals surface area (Å²) >= 11 is 2.22. The lowest BCUT2D eigenvalue weighted by molar-refractivity contribution is 0.0734. The summed E-state index contributed by atoms with van der Waals surface area (Å²) in [5.41, 5.74) is 0.529. The number of benzene rings is 2. The van der Waals surface area contributed by atoms with Gasteiger partial charge in [-0.25, -0.2) is 4.79 Å². The molecule has 0 aliphatic heterocycles. The van der Waals surface area contributed by atoms with Crippen molar-refractivity contribution in [2.45, 2.75) is 71.1 Å². The number of esters is 1. The van der Waals surface area contributed by atoms with E-state index >= 15 is 0 Å². The Labute approximate surface area is 201 Å². The average molecular weight is 534 g/mol. The van der Waals surface area contributed by atoms with Crippen LogP contribution in [0.25, 0.3) is 0 Å². The average Bonchev–Trinajstić information content (AvgIpc) is 2.80. The number of halogens is 1. The second-order valence-electron chi connectivity index (χ2n) is 8.74. The first-order valence-electron chi connectivity index (χ1n) is 11.8. The zero-order valence-electron chi connectivity index (χ0n) is 18.7. The minimum absolute atomic E-state index is 0.349. The number of hydrogen-bond acceptors (Lipinski definition) is 3. The van der Waals surface area contributed by atoms with Crippen LogP contribution in [0.5, 0.6) is 11.5 Å². The number of ether oxygens (including phenoxy) is 2. The summed E-state index contributed by atoms with van der Waals surface area (Å²) in [4.78, 5) is 12.3. The van der Waals surface area contributed by atoms with E-state index in [4.69, 9.17) is 9.47 Å². The largest absolute Gasteiger partial charge is 0.494 e. The fourth-order valence-corrected chi connectivity index (χ4v) is 4.77. The predicted octanol–water partition coefficient (Wildman–Crippen LogP) is 8.06. The van der Waals surface area contributed by atoms with Crippen molar-refractivity contribution in [3.8, 4) is 11.5 Å². The minimum Gasteiger partial charge on any atom is -0.494 e. The van der Waals surface area contributed by atoms with Crippen molar-refractivity contribution in [2.75, 3.05) is 6.61 Å². The Kier molecular flexibility index (Phi) is 10.2. The molecule has 0 spiro atoms. The summed E-state index contributed by atoms with van der Waals surface area (Å²) < 4.78 is 12.4. The monoisotopic (exact) mass is 534 g/mol. The molecule has 0 heterocycles. The van der Waals surface area contributed by atoms with Crippen molar-refractivity contribution in [2.24, 2.45) is 11.8 Å². The van der Waals surface area contributed by atoms with Crippen LogP contribution < -0.4 is 9.47 Å². The normalized spacial score (nSPS) is 18.5. The Hall–Kier alpha value is -1.56. The maximum Gasteiger partial charge on any atom is 0.343 e. The smallest absolute Gasteiger partial charge is 0.343 e. The number of carbonyl (C=O) groups excluding carboxylic acids is 1. The lowest BCUT2D eigenvalue weighted by Crippen LogP contribution is -2.15. The molecule has 0 bridgehead atoms. The molecule has 2 aromatic rings. The van der Waals surface area contributed by atoms with E-state index in [1.807, 2.05) is 24.3 Å². The van der Waals surface area contributed by atoms with Crippen LogP contribution in [0.1, 0.15) is 81.5 Å². The van der Waals surface area contributed by atoms with E-state index in [2.05, 4.69) is 29.5 Å². The minimum atomic E-state index is -0.349. The van der Waals surface area contributed by atoms with Crippen LogP contribution in [0.4, 0.5) is 0 Å². The summed E-state index contributed by atoms with van der Waals surface area (Å²) in [5, 5.41) is 0. The van der Waals surface area contributed by atoms with Crippen molar-refractivity contribution in [3.05, 3.63) is 57.7 Å². The molecule has 3 nitrogen and oxygen atoms in total. The van der Waals surface area contributed by atoms with Crippen LogP contribution >= 0.6 is 22.6 Å². The fraction of sp³-hybridized carbons (Fsp3) is 0.519. The Morgan fingerprint density at radius 2 is 1.42 bits per heavy atom. The first-order chi connectivity index (χ1) is 15.1. The quantitative estimate of drug-likeness (QED) is 0.127. The van der Waals surface area contributed by atoms with Crippen LogP contribution in [0, 0.1) is 15.4 Å². The van der Waals surface area contributed by atoms with Crippen LogP contribution in [-0.4, -0.2) is 12.6 Å². The van der Waals surface area contributed by atoms with E-state index in [-0.39, 0.29) is 5.97 Å². The van der Waals surface area contributed by atoms with Crippen LogP contribution in [0.2, 0.25) is 0 Å². The Balaban J connectivity index is 1.32. The van der Waals surface area contributed by atoms with E-state index in [1.165, 1.54) is 57.8 Å². The van der Waals surface area contributed by atoms with Crippen LogP contribution in [0.3, 0.4) is 0 Å². The highest BCUT2D eigenvalue weighted by atomic mass is 127. The van der Waals surface area contributed by atoms with Gasteiger partial charge in [0.15, 0.2) is 0 Å². The second kappa shape index (κ2) is 13.1. The van der Waals surface area contributed by atoms with Gasteiger partial charge in [0, 0.05) is 3.57 Å². The third-order valence-corrected chi connectivity index (χ3v) is 7.04. The van der Waals surface area contributed by atoms with Gasteiger partial charge in [-0.15, -0.1) is 0 Å². The first kappa shape index (κ1) is 24.1. The van der Waals surface area contributed by atoms with Crippen molar-refractivity contribution < 1.29 is 14.3 Å². The van der Waals surface area contributed by atoms with E-state index < -0.39 is 0 Å². The molecule has 0 radical (unpaired) electrons. The summed E-state index contributed by atoms with van der Waals surface area (Å²) in [5.74, 6) is 2.88. The molecule has 0 aromatic heterocycles. The summed E-state index contributed by atoms with van der Waals surface area (Å²) in [7, 11) is 0. The zero-order chi connectivity index (χ0) is 21.9. The van der Waals surface area contributed by atoms with Crippen LogP contribution in [-0.2, 0) is 0 Å². The van der Waals surface area contributed by atoms with Gasteiger partial charge in [0.25, 0.3) is 0 Å². The van der Waals surface area contributed by atoms with Crippen molar-refractivity contribution in [1.82, 2.24) is 0 Å². The summed E-state index contributed by atoms with van der Waals surface area (Å²) in [6.45, 7) is 3.02. The van der Waals surface area contributed by atoms with Crippen LogP contribution in [0.15, 0.2) is 48.5 Å². The zero-order valence-corrected chi connectivity index (χ0v) is 20.8. The highest BCUT2D eigenvalue weighted by Gasteiger charge is 2.20. The summed E-state index contributed by atoms with van der Waals surface area (Å²) in [6.07, 6.45) is 13.6.